The van der Waals surface area contributed by atoms with Gasteiger partial charge in [-0.25, -0.2) is 4.79 Å². The van der Waals surface area contributed by atoms with Crippen LogP contribution in [0.5, 0.6) is 0 Å². The number of hydrogen-bond donors (Lipinski definition) is 2. The highest BCUT2D eigenvalue weighted by Crippen LogP contribution is 2.01. The summed E-state index contributed by atoms with van der Waals surface area (Å²) in [4.78, 5) is 13.2. The number of urea groups is 1. The molecule has 82 valence electrons. The molecule has 4 heteroatoms. The van der Waals surface area contributed by atoms with Crippen molar-refractivity contribution >= 4 is 6.03 Å². The van der Waals surface area contributed by atoms with Crippen LogP contribution in [0.15, 0.2) is 0 Å². The van der Waals surface area contributed by atoms with E-state index in [1.165, 1.54) is 12.8 Å². The normalized spacial score (nSPS) is 21.4. The van der Waals surface area contributed by atoms with Crippen LogP contribution in [0, 0.1) is 0 Å². The molecule has 0 radical (unpaired) electrons. The molecule has 0 aromatic carbocycles. The number of carbonyl (C=O) groups is 1. The molecule has 2 N–H and O–H groups in total. The van der Waals surface area contributed by atoms with Crippen molar-refractivity contribution in [2.75, 3.05) is 26.2 Å². The van der Waals surface area contributed by atoms with Crippen LogP contribution < -0.4 is 10.6 Å². The number of nitrogens with zero attached hydrogens (tertiary/aromatic N) is 1. The molecule has 1 heterocycles. The minimum absolute atomic E-state index is 0.0785. The number of amides is 2. The minimum Gasteiger partial charge on any atom is -0.334 e. The van der Waals surface area contributed by atoms with Gasteiger partial charge in [0.25, 0.3) is 0 Å². The van der Waals surface area contributed by atoms with E-state index in [0.717, 1.165) is 26.2 Å². The van der Waals surface area contributed by atoms with E-state index in [1.54, 1.807) is 0 Å². The summed E-state index contributed by atoms with van der Waals surface area (Å²) in [6.45, 7) is 7.83. The second kappa shape index (κ2) is 5.86. The van der Waals surface area contributed by atoms with Gasteiger partial charge in [0.1, 0.15) is 0 Å². The van der Waals surface area contributed by atoms with Gasteiger partial charge in [-0.05, 0) is 19.9 Å². The fourth-order valence-electron chi connectivity index (χ4n) is 1.59. The van der Waals surface area contributed by atoms with E-state index in [1.807, 2.05) is 11.8 Å². The van der Waals surface area contributed by atoms with E-state index in [0.29, 0.717) is 6.04 Å². The van der Waals surface area contributed by atoms with Gasteiger partial charge < -0.3 is 15.5 Å². The van der Waals surface area contributed by atoms with Crippen molar-refractivity contribution in [3.05, 3.63) is 0 Å². The summed E-state index contributed by atoms with van der Waals surface area (Å²) in [5, 5.41) is 6.21. The topological polar surface area (TPSA) is 44.4 Å². The smallest absolute Gasteiger partial charge is 0.317 e. The fraction of sp³-hybridized carbons (Fsp3) is 0.900. The molecular weight excluding hydrogens is 178 g/mol. The average Bonchev–Trinajstić information content (AvgIpc) is 2.45. The summed E-state index contributed by atoms with van der Waals surface area (Å²) < 4.78 is 0. The van der Waals surface area contributed by atoms with Crippen LogP contribution >= 0.6 is 0 Å². The van der Waals surface area contributed by atoms with Gasteiger partial charge in [0.2, 0.25) is 0 Å². The molecule has 14 heavy (non-hydrogen) atoms. The number of carbonyl (C=O) groups excluding carboxylic acids is 1. The van der Waals surface area contributed by atoms with Crippen molar-refractivity contribution in [3.8, 4) is 0 Å². The van der Waals surface area contributed by atoms with E-state index in [2.05, 4.69) is 17.6 Å². The molecule has 1 unspecified atom stereocenters. The van der Waals surface area contributed by atoms with Crippen LogP contribution in [0.1, 0.15) is 26.7 Å². The highest BCUT2D eigenvalue weighted by Gasteiger charge is 2.24. The van der Waals surface area contributed by atoms with E-state index in [4.69, 9.17) is 0 Å². The van der Waals surface area contributed by atoms with Crippen molar-refractivity contribution in [3.63, 3.8) is 0 Å². The Hall–Kier alpha value is -0.770. The zero-order chi connectivity index (χ0) is 10.4. The first-order valence-corrected chi connectivity index (χ1v) is 5.50. The molecule has 1 aliphatic heterocycles. The third-order valence-corrected chi connectivity index (χ3v) is 2.42. The van der Waals surface area contributed by atoms with Gasteiger partial charge in [0.15, 0.2) is 0 Å². The highest BCUT2D eigenvalue weighted by molar-refractivity contribution is 5.76. The quantitative estimate of drug-likeness (QED) is 0.621. The van der Waals surface area contributed by atoms with Crippen LogP contribution in [-0.2, 0) is 0 Å². The molecule has 0 saturated carbocycles. The van der Waals surface area contributed by atoms with Gasteiger partial charge in [-0.1, -0.05) is 13.3 Å². The maximum atomic E-state index is 11.3. The zero-order valence-electron chi connectivity index (χ0n) is 9.18. The second-order valence-electron chi connectivity index (χ2n) is 3.90. The Morgan fingerprint density at radius 1 is 1.57 bits per heavy atom. The molecule has 0 bridgehead atoms. The molecule has 0 spiro atoms. The zero-order valence-corrected chi connectivity index (χ0v) is 9.18. The van der Waals surface area contributed by atoms with Crippen LogP contribution in [0.4, 0.5) is 4.79 Å². The van der Waals surface area contributed by atoms with Crippen molar-refractivity contribution in [2.45, 2.75) is 32.7 Å². The van der Waals surface area contributed by atoms with Crippen LogP contribution in [0.25, 0.3) is 0 Å². The predicted molar refractivity (Wildman–Crippen MR) is 57.3 cm³/mol. The van der Waals surface area contributed by atoms with Crippen molar-refractivity contribution in [1.29, 1.82) is 0 Å². The Balaban J connectivity index is 2.04. The van der Waals surface area contributed by atoms with Crippen molar-refractivity contribution in [2.24, 2.45) is 0 Å². The van der Waals surface area contributed by atoms with Gasteiger partial charge in [-0.15, -0.1) is 0 Å². The Morgan fingerprint density at radius 3 is 2.93 bits per heavy atom. The lowest BCUT2D eigenvalue weighted by atomic mass is 10.3. The van der Waals surface area contributed by atoms with E-state index in [9.17, 15) is 4.79 Å². The molecule has 0 aliphatic carbocycles. The number of nitrogens with one attached hydrogen (secondary N) is 2. The van der Waals surface area contributed by atoms with E-state index < -0.39 is 0 Å². The lowest BCUT2D eigenvalue weighted by molar-refractivity contribution is 0.217. The first-order valence-electron chi connectivity index (χ1n) is 5.50. The summed E-state index contributed by atoms with van der Waals surface area (Å²) in [6.07, 6.45) is 2.43. The van der Waals surface area contributed by atoms with E-state index in [-0.39, 0.29) is 6.03 Å². The summed E-state index contributed by atoms with van der Waals surface area (Å²) in [6, 6.07) is 0.382. The molecule has 1 atom stereocenters. The number of rotatable bonds is 6. The maximum Gasteiger partial charge on any atom is 0.317 e. The predicted octanol–water partition coefficient (Wildman–Crippen LogP) is 0.790. The third-order valence-electron chi connectivity index (χ3n) is 2.42. The molecule has 1 rings (SSSR count). The number of unbranched alkanes of at least 4 members (excludes halogenated alkanes) is 1. The lowest BCUT2D eigenvalue weighted by Crippen LogP contribution is -2.34. The van der Waals surface area contributed by atoms with Crippen LogP contribution in [0.3, 0.4) is 0 Å². The summed E-state index contributed by atoms with van der Waals surface area (Å²) in [5.74, 6) is 0. The van der Waals surface area contributed by atoms with E-state index >= 15 is 0 Å². The minimum atomic E-state index is 0.0785. The SMILES string of the molecule is CCCCNCCN1CC(C)NC1=O. The second-order valence-corrected chi connectivity index (χ2v) is 3.90. The van der Waals surface area contributed by atoms with Gasteiger partial charge in [0, 0.05) is 25.7 Å². The Labute approximate surface area is 86.0 Å². The van der Waals surface area contributed by atoms with Crippen LogP contribution in [0.2, 0.25) is 0 Å². The van der Waals surface area contributed by atoms with Crippen molar-refractivity contribution < 1.29 is 4.79 Å². The van der Waals surface area contributed by atoms with Gasteiger partial charge >= 0.3 is 6.03 Å². The summed E-state index contributed by atoms with van der Waals surface area (Å²) in [5.41, 5.74) is 0. The van der Waals surface area contributed by atoms with Gasteiger partial charge in [-0.3, -0.25) is 0 Å². The largest absolute Gasteiger partial charge is 0.334 e. The average molecular weight is 199 g/mol. The standard InChI is InChI=1S/C10H21N3O/c1-3-4-5-11-6-7-13-8-9(2)12-10(13)14/h9,11H,3-8H2,1-2H3,(H,12,14). The van der Waals surface area contributed by atoms with Crippen LogP contribution in [-0.4, -0.2) is 43.2 Å². The Kier molecular flexibility index (Phi) is 4.73. The molecular formula is C10H21N3O. The first-order chi connectivity index (χ1) is 6.74. The van der Waals surface area contributed by atoms with Crippen molar-refractivity contribution in [1.82, 2.24) is 15.5 Å². The third kappa shape index (κ3) is 3.54. The molecule has 0 aromatic heterocycles. The molecule has 4 nitrogen and oxygen atoms in total. The molecule has 0 aromatic rings. The molecule has 1 fully saturated rings. The lowest BCUT2D eigenvalue weighted by Gasteiger charge is -2.14. The molecule has 1 aliphatic rings. The first kappa shape index (κ1) is 11.3. The molecule has 2 amide bonds. The molecule has 1 saturated heterocycles. The fourth-order valence-corrected chi connectivity index (χ4v) is 1.59. The Morgan fingerprint density at radius 2 is 2.36 bits per heavy atom. The maximum absolute atomic E-state index is 11.3. The Bertz CT molecular complexity index is 184. The number of hydrogen-bond acceptors (Lipinski definition) is 2. The van der Waals surface area contributed by atoms with Gasteiger partial charge in [-0.2, -0.15) is 0 Å². The summed E-state index contributed by atoms with van der Waals surface area (Å²) in [7, 11) is 0. The monoisotopic (exact) mass is 199 g/mol. The highest BCUT2D eigenvalue weighted by atomic mass is 16.2. The van der Waals surface area contributed by atoms with Gasteiger partial charge in [0.05, 0.1) is 0 Å². The summed E-state index contributed by atoms with van der Waals surface area (Å²) >= 11 is 0.